The van der Waals surface area contributed by atoms with Crippen LogP contribution in [0.25, 0.3) is 16.7 Å². The minimum absolute atomic E-state index is 0.0254. The molecule has 0 bridgehead atoms. The first-order valence-electron chi connectivity index (χ1n) is 10.5. The van der Waals surface area contributed by atoms with E-state index in [-0.39, 0.29) is 5.56 Å². The average Bonchev–Trinajstić information content (AvgIpc) is 3.03. The Labute approximate surface area is 175 Å². The van der Waals surface area contributed by atoms with Crippen LogP contribution in [0.15, 0.2) is 29.1 Å². The van der Waals surface area contributed by atoms with Crippen LogP contribution < -0.4 is 5.56 Å². The van der Waals surface area contributed by atoms with E-state index in [4.69, 9.17) is 22.1 Å². The van der Waals surface area contributed by atoms with Gasteiger partial charge in [-0.2, -0.15) is 0 Å². The summed E-state index contributed by atoms with van der Waals surface area (Å²) in [7, 11) is 1.67. The standard InChI is InChI=1S/C21H29N5O2S/c1-28-15-9-14-24-19(27)17-10-5-6-11-18(17)26-20(24)22-25(21(26)29)16-23-12-7-3-2-4-8-13-23/h5-6,10-11H,2-4,7-9,12-16H2,1H3. The molecular weight excluding hydrogens is 386 g/mol. The van der Waals surface area contributed by atoms with Crippen LogP contribution in [0.4, 0.5) is 0 Å². The van der Waals surface area contributed by atoms with Crippen LogP contribution in [0.1, 0.15) is 38.5 Å². The highest BCUT2D eigenvalue weighted by molar-refractivity contribution is 7.71. The molecule has 156 valence electrons. The molecule has 0 saturated carbocycles. The number of aromatic nitrogens is 4. The Kier molecular flexibility index (Phi) is 6.42. The van der Waals surface area contributed by atoms with Crippen molar-refractivity contribution >= 4 is 28.9 Å². The van der Waals surface area contributed by atoms with E-state index in [0.29, 0.717) is 35.8 Å². The lowest BCUT2D eigenvalue weighted by molar-refractivity contribution is 0.187. The lowest BCUT2D eigenvalue weighted by Crippen LogP contribution is -2.30. The normalized spacial score (nSPS) is 16.3. The van der Waals surface area contributed by atoms with Crippen molar-refractivity contribution in [3.05, 3.63) is 39.4 Å². The van der Waals surface area contributed by atoms with Gasteiger partial charge in [-0.3, -0.25) is 18.7 Å². The molecule has 29 heavy (non-hydrogen) atoms. The van der Waals surface area contributed by atoms with Crippen molar-refractivity contribution in [3.8, 4) is 0 Å². The van der Waals surface area contributed by atoms with Crippen LogP contribution in [0, 0.1) is 4.77 Å². The van der Waals surface area contributed by atoms with E-state index < -0.39 is 0 Å². The number of ether oxygens (including phenoxy) is 1. The minimum Gasteiger partial charge on any atom is -0.385 e. The van der Waals surface area contributed by atoms with E-state index >= 15 is 0 Å². The average molecular weight is 416 g/mol. The summed E-state index contributed by atoms with van der Waals surface area (Å²) < 4.78 is 11.4. The van der Waals surface area contributed by atoms with E-state index in [1.54, 1.807) is 11.7 Å². The number of rotatable bonds is 6. The van der Waals surface area contributed by atoms with Gasteiger partial charge in [-0.15, -0.1) is 5.10 Å². The van der Waals surface area contributed by atoms with Crippen molar-refractivity contribution in [2.75, 3.05) is 26.8 Å². The van der Waals surface area contributed by atoms with Gasteiger partial charge in [0.15, 0.2) is 0 Å². The van der Waals surface area contributed by atoms with Crippen molar-refractivity contribution in [2.24, 2.45) is 0 Å². The molecule has 0 unspecified atom stereocenters. The summed E-state index contributed by atoms with van der Waals surface area (Å²) >= 11 is 5.82. The molecule has 0 radical (unpaired) electrons. The van der Waals surface area contributed by atoms with Gasteiger partial charge >= 0.3 is 0 Å². The van der Waals surface area contributed by atoms with Gasteiger partial charge in [0, 0.05) is 20.3 Å². The third-order valence-electron chi connectivity index (χ3n) is 5.70. The second-order valence-electron chi connectivity index (χ2n) is 7.77. The number of hydrogen-bond acceptors (Lipinski definition) is 5. The fourth-order valence-electron chi connectivity index (χ4n) is 4.17. The Morgan fingerprint density at radius 2 is 1.83 bits per heavy atom. The monoisotopic (exact) mass is 415 g/mol. The smallest absolute Gasteiger partial charge is 0.262 e. The number of hydrogen-bond donors (Lipinski definition) is 0. The number of para-hydroxylation sites is 1. The predicted molar refractivity (Wildman–Crippen MR) is 117 cm³/mol. The van der Waals surface area contributed by atoms with Crippen molar-refractivity contribution in [1.29, 1.82) is 0 Å². The second kappa shape index (κ2) is 9.19. The summed E-state index contributed by atoms with van der Waals surface area (Å²) in [6.45, 7) is 3.95. The Morgan fingerprint density at radius 3 is 2.59 bits per heavy atom. The zero-order valence-electron chi connectivity index (χ0n) is 17.0. The molecule has 2 aromatic heterocycles. The molecule has 3 heterocycles. The van der Waals surface area contributed by atoms with Crippen molar-refractivity contribution in [2.45, 2.75) is 51.7 Å². The SMILES string of the molecule is COCCCn1c(=O)c2ccccc2n2c(=S)n(CN3CCCCCCC3)nc12. The second-order valence-corrected chi connectivity index (χ2v) is 8.13. The molecule has 1 aliphatic rings. The zero-order valence-corrected chi connectivity index (χ0v) is 17.9. The van der Waals surface area contributed by atoms with E-state index in [1.807, 2.05) is 33.3 Å². The number of nitrogens with zero attached hydrogens (tertiary/aromatic N) is 5. The first-order chi connectivity index (χ1) is 14.2. The molecular formula is C21H29N5O2S. The predicted octanol–water partition coefficient (Wildman–Crippen LogP) is 3.44. The molecule has 0 N–H and O–H groups in total. The summed E-state index contributed by atoms with van der Waals surface area (Å²) in [4.78, 5) is 15.6. The number of benzene rings is 1. The Hall–Kier alpha value is -2.03. The highest BCUT2D eigenvalue weighted by Crippen LogP contribution is 2.16. The molecule has 7 nitrogen and oxygen atoms in total. The topological polar surface area (TPSA) is 56.7 Å². The highest BCUT2D eigenvalue weighted by atomic mass is 32.1. The number of fused-ring (bicyclic) bond motifs is 3. The van der Waals surface area contributed by atoms with Crippen molar-refractivity contribution < 1.29 is 4.74 Å². The number of methoxy groups -OCH3 is 1. The minimum atomic E-state index is -0.0254. The van der Waals surface area contributed by atoms with Gasteiger partial charge in [0.05, 0.1) is 17.6 Å². The van der Waals surface area contributed by atoms with Gasteiger partial charge in [-0.05, 0) is 56.7 Å². The molecule has 1 aromatic carbocycles. The molecule has 0 aliphatic carbocycles. The van der Waals surface area contributed by atoms with E-state index in [2.05, 4.69) is 4.90 Å². The molecule has 1 aliphatic heterocycles. The Balaban J connectivity index is 1.80. The first-order valence-corrected chi connectivity index (χ1v) is 10.9. The Morgan fingerprint density at radius 1 is 1.10 bits per heavy atom. The van der Waals surface area contributed by atoms with Crippen LogP contribution in [-0.4, -0.2) is 50.5 Å². The summed E-state index contributed by atoms with van der Waals surface area (Å²) in [6, 6.07) is 7.64. The van der Waals surface area contributed by atoms with Crippen LogP contribution in [0.3, 0.4) is 0 Å². The first kappa shape index (κ1) is 20.3. The molecule has 3 aromatic rings. The maximum atomic E-state index is 13.1. The van der Waals surface area contributed by atoms with Gasteiger partial charge in [0.25, 0.3) is 5.56 Å². The summed E-state index contributed by atoms with van der Waals surface area (Å²) in [6.07, 6.45) is 7.09. The molecule has 1 saturated heterocycles. The fourth-order valence-corrected chi connectivity index (χ4v) is 4.45. The maximum absolute atomic E-state index is 13.1. The number of likely N-dealkylation sites (tertiary alicyclic amines) is 1. The Bertz CT molecular complexity index is 1090. The third kappa shape index (κ3) is 4.15. The fraction of sp³-hybridized carbons (Fsp3) is 0.571. The van der Waals surface area contributed by atoms with Gasteiger partial charge in [-0.25, -0.2) is 4.68 Å². The zero-order chi connectivity index (χ0) is 20.2. The van der Waals surface area contributed by atoms with Crippen LogP contribution in [0.5, 0.6) is 0 Å². The van der Waals surface area contributed by atoms with Crippen LogP contribution in [0.2, 0.25) is 0 Å². The maximum Gasteiger partial charge on any atom is 0.262 e. The largest absolute Gasteiger partial charge is 0.385 e. The lowest BCUT2D eigenvalue weighted by atomic mass is 10.1. The van der Waals surface area contributed by atoms with Crippen molar-refractivity contribution in [1.82, 2.24) is 23.6 Å². The molecule has 0 amide bonds. The summed E-state index contributed by atoms with van der Waals surface area (Å²) in [5.41, 5.74) is 0.794. The summed E-state index contributed by atoms with van der Waals surface area (Å²) in [5.74, 6) is 0.613. The van der Waals surface area contributed by atoms with Gasteiger partial charge < -0.3 is 4.74 Å². The van der Waals surface area contributed by atoms with Crippen LogP contribution >= 0.6 is 12.2 Å². The van der Waals surface area contributed by atoms with Gasteiger partial charge in [-0.1, -0.05) is 31.4 Å². The summed E-state index contributed by atoms with van der Waals surface area (Å²) in [5, 5.41) is 5.47. The van der Waals surface area contributed by atoms with Gasteiger partial charge in [0.2, 0.25) is 10.5 Å². The van der Waals surface area contributed by atoms with Gasteiger partial charge in [0.1, 0.15) is 0 Å². The quantitative estimate of drug-likeness (QED) is 0.456. The highest BCUT2D eigenvalue weighted by Gasteiger charge is 2.17. The molecule has 1 fully saturated rings. The van der Waals surface area contributed by atoms with E-state index in [9.17, 15) is 4.79 Å². The number of aryl methyl sites for hydroxylation is 1. The third-order valence-corrected chi connectivity index (χ3v) is 6.09. The lowest BCUT2D eigenvalue weighted by Gasteiger charge is -2.23. The molecule has 4 rings (SSSR count). The van der Waals surface area contributed by atoms with Crippen molar-refractivity contribution in [3.63, 3.8) is 0 Å². The molecule has 0 spiro atoms. The molecule has 0 atom stereocenters. The van der Waals surface area contributed by atoms with Crippen LogP contribution in [-0.2, 0) is 18.0 Å². The van der Waals surface area contributed by atoms with E-state index in [0.717, 1.165) is 25.0 Å². The molecule has 8 heteroatoms. The van der Waals surface area contributed by atoms with E-state index in [1.165, 1.54) is 32.1 Å².